The van der Waals surface area contributed by atoms with Crippen LogP contribution in [0.1, 0.15) is 32.8 Å². The van der Waals surface area contributed by atoms with Gasteiger partial charge >= 0.3 is 6.09 Å². The van der Waals surface area contributed by atoms with Crippen LogP contribution in [-0.4, -0.2) is 35.5 Å². The van der Waals surface area contributed by atoms with Crippen molar-refractivity contribution < 1.29 is 14.3 Å². The molecule has 1 atom stereocenters. The van der Waals surface area contributed by atoms with Crippen LogP contribution in [0.3, 0.4) is 0 Å². The fourth-order valence-electron chi connectivity index (χ4n) is 2.49. The highest BCUT2D eigenvalue weighted by molar-refractivity contribution is 9.10. The molecule has 22 heavy (non-hydrogen) atoms. The highest BCUT2D eigenvalue weighted by Gasteiger charge is 2.33. The summed E-state index contributed by atoms with van der Waals surface area (Å²) in [4.78, 5) is 26.1. The van der Waals surface area contributed by atoms with Gasteiger partial charge in [-0.05, 0) is 38.8 Å². The number of ether oxygens (including phenoxy) is 1. The first-order chi connectivity index (χ1) is 10.3. The van der Waals surface area contributed by atoms with Crippen LogP contribution in [0, 0.1) is 5.92 Å². The third-order valence-electron chi connectivity index (χ3n) is 3.62. The average molecular weight is 368 g/mol. The number of hydrogen-bond donors (Lipinski definition) is 0. The van der Waals surface area contributed by atoms with Crippen molar-refractivity contribution in [2.45, 2.75) is 39.2 Å². The van der Waals surface area contributed by atoms with Gasteiger partial charge < -0.3 is 9.64 Å². The zero-order valence-electron chi connectivity index (χ0n) is 13.3. The summed E-state index contributed by atoms with van der Waals surface area (Å²) in [6, 6.07) is 7.74. The highest BCUT2D eigenvalue weighted by atomic mass is 79.9. The van der Waals surface area contributed by atoms with Crippen LogP contribution in [0.4, 0.5) is 4.79 Å². The molecular formula is C17H22BrNO3. The van der Waals surface area contributed by atoms with Crippen molar-refractivity contribution in [3.63, 3.8) is 0 Å². The number of carbonyl (C=O) groups is 2. The summed E-state index contributed by atoms with van der Waals surface area (Å²) in [6.07, 6.45) is 0.778. The molecule has 1 aliphatic heterocycles. The molecule has 0 bridgehead atoms. The molecule has 1 heterocycles. The number of rotatable bonds is 3. The van der Waals surface area contributed by atoms with E-state index in [0.29, 0.717) is 25.9 Å². The number of amides is 1. The molecule has 1 saturated heterocycles. The minimum Gasteiger partial charge on any atom is -0.444 e. The number of Topliss-reactive ketones (excluding diaryl/α,β-unsaturated/α-hetero) is 1. The number of benzene rings is 1. The first-order valence-electron chi connectivity index (χ1n) is 7.50. The van der Waals surface area contributed by atoms with Crippen molar-refractivity contribution in [3.05, 3.63) is 34.3 Å². The summed E-state index contributed by atoms with van der Waals surface area (Å²) in [6.45, 7) is 6.57. The zero-order valence-corrected chi connectivity index (χ0v) is 14.9. The Bertz CT molecular complexity index is 565. The SMILES string of the molecule is CC(C)(C)OC(=O)N1CCC(C(=O)Cc2ccccc2Br)C1. The molecule has 1 aromatic carbocycles. The van der Waals surface area contributed by atoms with E-state index >= 15 is 0 Å². The van der Waals surface area contributed by atoms with Gasteiger partial charge in [0, 0.05) is 29.9 Å². The Morgan fingerprint density at radius 2 is 2.00 bits per heavy atom. The molecule has 1 unspecified atom stereocenters. The number of hydrogen-bond acceptors (Lipinski definition) is 3. The number of carbonyl (C=O) groups excluding carboxylic acids is 2. The summed E-state index contributed by atoms with van der Waals surface area (Å²) < 4.78 is 6.30. The highest BCUT2D eigenvalue weighted by Crippen LogP contribution is 2.23. The summed E-state index contributed by atoms with van der Waals surface area (Å²) in [5.74, 6) is 0.0811. The number of ketones is 1. The van der Waals surface area contributed by atoms with Crippen molar-refractivity contribution in [1.29, 1.82) is 0 Å². The molecule has 0 spiro atoms. The fourth-order valence-corrected chi connectivity index (χ4v) is 2.91. The van der Waals surface area contributed by atoms with Gasteiger partial charge in [-0.1, -0.05) is 34.1 Å². The average Bonchev–Trinajstić information content (AvgIpc) is 2.89. The smallest absolute Gasteiger partial charge is 0.410 e. The van der Waals surface area contributed by atoms with Gasteiger partial charge in [-0.3, -0.25) is 4.79 Å². The lowest BCUT2D eigenvalue weighted by molar-refractivity contribution is -0.121. The Hall–Kier alpha value is -1.36. The second-order valence-corrected chi connectivity index (χ2v) is 7.50. The summed E-state index contributed by atoms with van der Waals surface area (Å²) in [5, 5.41) is 0. The van der Waals surface area contributed by atoms with E-state index in [1.807, 2.05) is 45.0 Å². The van der Waals surface area contributed by atoms with Crippen LogP contribution in [0.2, 0.25) is 0 Å². The molecule has 120 valence electrons. The molecule has 1 aliphatic rings. The predicted octanol–water partition coefficient (Wildman–Crippen LogP) is 3.82. The van der Waals surface area contributed by atoms with Gasteiger partial charge in [-0.2, -0.15) is 0 Å². The van der Waals surface area contributed by atoms with E-state index in [0.717, 1.165) is 10.0 Å². The molecule has 0 radical (unpaired) electrons. The number of halogens is 1. The maximum atomic E-state index is 12.4. The van der Waals surface area contributed by atoms with E-state index < -0.39 is 5.60 Å². The van der Waals surface area contributed by atoms with Gasteiger partial charge in [-0.15, -0.1) is 0 Å². The van der Waals surface area contributed by atoms with Crippen LogP contribution in [-0.2, 0) is 16.0 Å². The van der Waals surface area contributed by atoms with Crippen molar-refractivity contribution >= 4 is 27.8 Å². The Labute approximate surface area is 140 Å². The first-order valence-corrected chi connectivity index (χ1v) is 8.29. The lowest BCUT2D eigenvalue weighted by Gasteiger charge is -2.24. The fraction of sp³-hybridized carbons (Fsp3) is 0.529. The molecule has 4 nitrogen and oxygen atoms in total. The van der Waals surface area contributed by atoms with Crippen molar-refractivity contribution in [1.82, 2.24) is 4.90 Å². The van der Waals surface area contributed by atoms with Crippen LogP contribution >= 0.6 is 15.9 Å². The van der Waals surface area contributed by atoms with Gasteiger partial charge in [0.05, 0.1) is 0 Å². The Kier molecular flexibility index (Phi) is 5.27. The van der Waals surface area contributed by atoms with Gasteiger partial charge in [0.2, 0.25) is 0 Å². The minimum absolute atomic E-state index is 0.0976. The van der Waals surface area contributed by atoms with Crippen LogP contribution in [0.5, 0.6) is 0 Å². The number of likely N-dealkylation sites (tertiary alicyclic amines) is 1. The minimum atomic E-state index is -0.506. The molecule has 1 amide bonds. The molecule has 2 rings (SSSR count). The van der Waals surface area contributed by atoms with E-state index in [-0.39, 0.29) is 17.8 Å². The quantitative estimate of drug-likeness (QED) is 0.815. The maximum Gasteiger partial charge on any atom is 0.410 e. The number of nitrogens with zero attached hydrogens (tertiary/aromatic N) is 1. The first kappa shape index (κ1) is 17.0. The van der Waals surface area contributed by atoms with E-state index in [4.69, 9.17) is 4.74 Å². The third-order valence-corrected chi connectivity index (χ3v) is 4.39. The maximum absolute atomic E-state index is 12.4. The predicted molar refractivity (Wildman–Crippen MR) is 88.8 cm³/mol. The lowest BCUT2D eigenvalue weighted by atomic mass is 9.97. The summed E-state index contributed by atoms with van der Waals surface area (Å²) >= 11 is 3.46. The molecule has 0 aromatic heterocycles. The van der Waals surface area contributed by atoms with Crippen molar-refractivity contribution in [2.75, 3.05) is 13.1 Å². The van der Waals surface area contributed by atoms with Gasteiger partial charge in [0.25, 0.3) is 0 Å². The summed E-state index contributed by atoms with van der Waals surface area (Å²) in [7, 11) is 0. The van der Waals surface area contributed by atoms with Crippen LogP contribution < -0.4 is 0 Å². The third kappa shape index (κ3) is 4.57. The van der Waals surface area contributed by atoms with Crippen LogP contribution in [0.25, 0.3) is 0 Å². The molecule has 1 aromatic rings. The Morgan fingerprint density at radius 3 is 2.64 bits per heavy atom. The second-order valence-electron chi connectivity index (χ2n) is 6.65. The van der Waals surface area contributed by atoms with E-state index in [9.17, 15) is 9.59 Å². The molecule has 0 saturated carbocycles. The lowest BCUT2D eigenvalue weighted by Crippen LogP contribution is -2.36. The van der Waals surface area contributed by atoms with E-state index in [1.165, 1.54) is 0 Å². The second kappa shape index (κ2) is 6.82. The molecule has 0 aliphatic carbocycles. The largest absolute Gasteiger partial charge is 0.444 e. The molecule has 1 fully saturated rings. The summed E-state index contributed by atoms with van der Waals surface area (Å²) in [5.41, 5.74) is 0.483. The van der Waals surface area contributed by atoms with Gasteiger partial charge in [-0.25, -0.2) is 4.79 Å². The van der Waals surface area contributed by atoms with Crippen molar-refractivity contribution in [2.24, 2.45) is 5.92 Å². The standard InChI is InChI=1S/C17H22BrNO3/c1-17(2,3)22-16(21)19-9-8-13(11-19)15(20)10-12-6-4-5-7-14(12)18/h4-7,13H,8-11H2,1-3H3. The van der Waals surface area contributed by atoms with E-state index in [2.05, 4.69) is 15.9 Å². The van der Waals surface area contributed by atoms with E-state index in [1.54, 1.807) is 4.90 Å². The normalized spacial score (nSPS) is 18.4. The topological polar surface area (TPSA) is 46.6 Å². The van der Waals surface area contributed by atoms with Gasteiger partial charge in [0.15, 0.2) is 0 Å². The Morgan fingerprint density at radius 1 is 1.32 bits per heavy atom. The zero-order chi connectivity index (χ0) is 16.3. The Balaban J connectivity index is 1.91. The van der Waals surface area contributed by atoms with Crippen molar-refractivity contribution in [3.8, 4) is 0 Å². The monoisotopic (exact) mass is 367 g/mol. The van der Waals surface area contributed by atoms with Gasteiger partial charge in [0.1, 0.15) is 11.4 Å². The molecule has 5 heteroatoms. The molecule has 0 N–H and O–H groups in total. The molecular weight excluding hydrogens is 346 g/mol. The van der Waals surface area contributed by atoms with Crippen LogP contribution in [0.15, 0.2) is 28.7 Å².